The van der Waals surface area contributed by atoms with E-state index >= 15 is 0 Å². The molecular weight excluding hydrogens is 124 g/mol. The highest BCUT2D eigenvalue weighted by molar-refractivity contribution is 8.77. The lowest BCUT2D eigenvalue weighted by molar-refractivity contribution is 0.888. The van der Waals surface area contributed by atoms with Gasteiger partial charge in [-0.05, 0) is 19.8 Å². The first-order valence-corrected chi connectivity index (χ1v) is 4.83. The third-order valence-corrected chi connectivity index (χ3v) is 3.73. The normalized spacial score (nSPS) is 25.3. The van der Waals surface area contributed by atoms with Crippen molar-refractivity contribution >= 4 is 21.6 Å². The monoisotopic (exact) mass is 133 g/mol. The Labute approximate surface area is 52.8 Å². The molecule has 1 saturated heterocycles. The van der Waals surface area contributed by atoms with Crippen LogP contribution in [0.25, 0.3) is 0 Å². The molecule has 7 heavy (non-hydrogen) atoms. The summed E-state index contributed by atoms with van der Waals surface area (Å²) < 4.78 is 0. The average molecular weight is 133 g/mol. The van der Waals surface area contributed by atoms with E-state index in [1.807, 2.05) is 21.6 Å². The molecule has 0 aromatic heterocycles. The molecule has 0 aromatic rings. The molecule has 0 aliphatic carbocycles. The van der Waals surface area contributed by atoms with Gasteiger partial charge in [-0.3, -0.25) is 0 Å². The molecule has 0 nitrogen and oxygen atoms in total. The van der Waals surface area contributed by atoms with E-state index in [1.54, 1.807) is 5.25 Å². The predicted octanol–water partition coefficient (Wildman–Crippen LogP) is 2.71. The van der Waals surface area contributed by atoms with E-state index in [0.29, 0.717) is 0 Å². The maximum absolute atomic E-state index is 2.22. The summed E-state index contributed by atoms with van der Waals surface area (Å²) in [5.74, 6) is 1.35. The van der Waals surface area contributed by atoms with E-state index < -0.39 is 0 Å². The second-order valence-corrected chi connectivity index (χ2v) is 4.43. The Balaban J connectivity index is 2.12. The molecule has 1 fully saturated rings. The van der Waals surface area contributed by atoms with Crippen LogP contribution in [0.15, 0.2) is 0 Å². The molecule has 1 rings (SSSR count). The average Bonchev–Trinajstić information content (AvgIpc) is 1.69. The standard InChI is InChI=1S/C5H9S2/c1-5-3-2-4-6-7-5/h2-4H2,1H3. The smallest absolute Gasteiger partial charge is 0.0388 e. The molecule has 1 radical (unpaired) electrons. The largest absolute Gasteiger partial charge is 0.0935 e. The molecule has 2 heteroatoms. The van der Waals surface area contributed by atoms with Crippen LogP contribution >= 0.6 is 21.6 Å². The number of hydrogen-bond acceptors (Lipinski definition) is 2. The van der Waals surface area contributed by atoms with Gasteiger partial charge in [-0.25, -0.2) is 0 Å². The maximum Gasteiger partial charge on any atom is 0.0388 e. The van der Waals surface area contributed by atoms with Crippen molar-refractivity contribution in [1.29, 1.82) is 0 Å². The van der Waals surface area contributed by atoms with E-state index in [-0.39, 0.29) is 0 Å². The van der Waals surface area contributed by atoms with Gasteiger partial charge in [-0.15, -0.1) is 0 Å². The molecule has 1 aliphatic heterocycles. The van der Waals surface area contributed by atoms with Gasteiger partial charge in [-0.2, -0.15) is 0 Å². The van der Waals surface area contributed by atoms with Crippen molar-refractivity contribution in [2.24, 2.45) is 0 Å². The predicted molar refractivity (Wildman–Crippen MR) is 38.2 cm³/mol. The van der Waals surface area contributed by atoms with Gasteiger partial charge < -0.3 is 0 Å². The number of hydrogen-bond donors (Lipinski definition) is 0. The van der Waals surface area contributed by atoms with E-state index in [1.165, 1.54) is 18.6 Å². The van der Waals surface area contributed by atoms with Crippen molar-refractivity contribution in [2.45, 2.75) is 19.8 Å². The van der Waals surface area contributed by atoms with Crippen LogP contribution in [0.5, 0.6) is 0 Å². The summed E-state index contributed by atoms with van der Waals surface area (Å²) in [5.41, 5.74) is 0. The van der Waals surface area contributed by atoms with Crippen LogP contribution in [0.2, 0.25) is 0 Å². The van der Waals surface area contributed by atoms with E-state index in [0.717, 1.165) is 0 Å². The van der Waals surface area contributed by atoms with Crippen molar-refractivity contribution in [3.8, 4) is 0 Å². The maximum atomic E-state index is 2.22. The molecule has 0 spiro atoms. The minimum absolute atomic E-state index is 1.34. The third-order valence-electron chi connectivity index (χ3n) is 0.958. The third kappa shape index (κ3) is 1.96. The zero-order chi connectivity index (χ0) is 5.11. The molecule has 41 valence electrons. The Morgan fingerprint density at radius 2 is 2.43 bits per heavy atom. The van der Waals surface area contributed by atoms with Crippen LogP contribution < -0.4 is 0 Å². The fraction of sp³-hybridized carbons (Fsp3) is 0.800. The van der Waals surface area contributed by atoms with Gasteiger partial charge in [0.15, 0.2) is 0 Å². The fourth-order valence-electron chi connectivity index (χ4n) is 0.564. The molecule has 1 heterocycles. The van der Waals surface area contributed by atoms with Crippen LogP contribution in [0.3, 0.4) is 0 Å². The van der Waals surface area contributed by atoms with Gasteiger partial charge in [0.25, 0.3) is 0 Å². The van der Waals surface area contributed by atoms with Crippen molar-refractivity contribution < 1.29 is 0 Å². The molecule has 0 amide bonds. The molecule has 0 unspecified atom stereocenters. The topological polar surface area (TPSA) is 0 Å². The van der Waals surface area contributed by atoms with Crippen LogP contribution in [-0.4, -0.2) is 5.75 Å². The number of rotatable bonds is 0. The molecule has 0 aromatic carbocycles. The highest BCUT2D eigenvalue weighted by atomic mass is 33.1. The van der Waals surface area contributed by atoms with Crippen LogP contribution in [0.1, 0.15) is 19.8 Å². The molecule has 0 bridgehead atoms. The van der Waals surface area contributed by atoms with E-state index in [9.17, 15) is 0 Å². The Bertz CT molecular complexity index is 48.0. The van der Waals surface area contributed by atoms with Crippen molar-refractivity contribution in [1.82, 2.24) is 0 Å². The van der Waals surface area contributed by atoms with E-state index in [4.69, 9.17) is 0 Å². The zero-order valence-corrected chi connectivity index (χ0v) is 6.07. The minimum atomic E-state index is 1.34. The first-order chi connectivity index (χ1) is 3.39. The molecule has 0 saturated carbocycles. The quantitative estimate of drug-likeness (QED) is 0.466. The summed E-state index contributed by atoms with van der Waals surface area (Å²) >= 11 is 0. The second-order valence-electron chi connectivity index (χ2n) is 1.71. The van der Waals surface area contributed by atoms with Crippen molar-refractivity contribution in [3.63, 3.8) is 0 Å². The van der Waals surface area contributed by atoms with Gasteiger partial charge >= 0.3 is 0 Å². The van der Waals surface area contributed by atoms with Gasteiger partial charge in [0.05, 0.1) is 0 Å². The SMILES string of the molecule is C[C]1CCCSS1. The lowest BCUT2D eigenvalue weighted by atomic mass is 10.3. The van der Waals surface area contributed by atoms with Gasteiger partial charge in [0.1, 0.15) is 0 Å². The summed E-state index contributed by atoms with van der Waals surface area (Å²) in [7, 11) is 3.93. The minimum Gasteiger partial charge on any atom is -0.0935 e. The summed E-state index contributed by atoms with van der Waals surface area (Å²) in [6.07, 6.45) is 2.74. The van der Waals surface area contributed by atoms with Crippen molar-refractivity contribution in [3.05, 3.63) is 5.25 Å². The van der Waals surface area contributed by atoms with Gasteiger partial charge in [-0.1, -0.05) is 21.6 Å². The Morgan fingerprint density at radius 1 is 1.57 bits per heavy atom. The lowest BCUT2D eigenvalue weighted by Crippen LogP contribution is -1.91. The molecule has 0 N–H and O–H groups in total. The Hall–Kier alpha value is 0.700. The van der Waals surface area contributed by atoms with Crippen LogP contribution in [0.4, 0.5) is 0 Å². The Morgan fingerprint density at radius 3 is 2.71 bits per heavy atom. The van der Waals surface area contributed by atoms with Gasteiger partial charge in [0, 0.05) is 11.0 Å². The van der Waals surface area contributed by atoms with Crippen molar-refractivity contribution in [2.75, 3.05) is 5.75 Å². The molecular formula is C5H9S2. The summed E-state index contributed by atoms with van der Waals surface area (Å²) in [5, 5.41) is 1.59. The van der Waals surface area contributed by atoms with Crippen LogP contribution in [-0.2, 0) is 0 Å². The molecule has 1 aliphatic rings. The van der Waals surface area contributed by atoms with Gasteiger partial charge in [0.2, 0.25) is 0 Å². The fourth-order valence-corrected chi connectivity index (χ4v) is 2.80. The second kappa shape index (κ2) is 2.88. The molecule has 0 atom stereocenters. The lowest BCUT2D eigenvalue weighted by Gasteiger charge is -2.13. The summed E-state index contributed by atoms with van der Waals surface area (Å²) in [4.78, 5) is 0. The zero-order valence-electron chi connectivity index (χ0n) is 4.44. The Kier molecular flexibility index (Phi) is 2.40. The highest BCUT2D eigenvalue weighted by Crippen LogP contribution is 2.40. The first kappa shape index (κ1) is 5.83. The van der Waals surface area contributed by atoms with E-state index in [2.05, 4.69) is 6.92 Å². The van der Waals surface area contributed by atoms with Crippen LogP contribution in [0, 0.1) is 5.25 Å². The first-order valence-electron chi connectivity index (χ1n) is 2.51. The summed E-state index contributed by atoms with van der Waals surface area (Å²) in [6, 6.07) is 0. The highest BCUT2D eigenvalue weighted by Gasteiger charge is 2.08. The summed E-state index contributed by atoms with van der Waals surface area (Å²) in [6.45, 7) is 2.22.